The van der Waals surface area contributed by atoms with Crippen molar-refractivity contribution in [3.8, 4) is 0 Å². The van der Waals surface area contributed by atoms with Crippen LogP contribution in [-0.4, -0.2) is 47.8 Å². The molecule has 0 saturated carbocycles. The molecule has 0 bridgehead atoms. The lowest BCUT2D eigenvalue weighted by atomic mass is 9.96. The van der Waals surface area contributed by atoms with Gasteiger partial charge in [-0.15, -0.1) is 0 Å². The number of nitrogens with zero attached hydrogens (tertiary/aromatic N) is 2. The van der Waals surface area contributed by atoms with Gasteiger partial charge < -0.3 is 10.2 Å². The maximum atomic E-state index is 13.8. The highest BCUT2D eigenvalue weighted by Gasteiger charge is 2.30. The molecule has 1 N–H and O–H groups in total. The molecule has 0 aliphatic carbocycles. The molecule has 3 aromatic rings. The Morgan fingerprint density at radius 1 is 0.781 bits per heavy atom. The quantitative estimate of drug-likeness (QED) is 0.634. The van der Waals surface area contributed by atoms with E-state index in [0.717, 1.165) is 23.3 Å². The molecule has 0 atom stereocenters. The van der Waals surface area contributed by atoms with E-state index in [1.165, 1.54) is 4.90 Å². The molecule has 1 aliphatic heterocycles. The van der Waals surface area contributed by atoms with Crippen LogP contribution in [0.4, 0.5) is 14.5 Å². The summed E-state index contributed by atoms with van der Waals surface area (Å²) in [5, 5.41) is 2.23. The van der Waals surface area contributed by atoms with Crippen LogP contribution in [0, 0.1) is 11.6 Å². The molecule has 7 heteroatoms. The van der Waals surface area contributed by atoms with Gasteiger partial charge in [-0.25, -0.2) is 8.78 Å². The van der Waals surface area contributed by atoms with E-state index in [0.29, 0.717) is 32.2 Å². The lowest BCUT2D eigenvalue weighted by molar-refractivity contribution is -0.144. The summed E-state index contributed by atoms with van der Waals surface area (Å²) in [6.45, 7) is 1.90. The van der Waals surface area contributed by atoms with Gasteiger partial charge >= 0.3 is 11.8 Å². The van der Waals surface area contributed by atoms with Crippen LogP contribution >= 0.6 is 0 Å². The summed E-state index contributed by atoms with van der Waals surface area (Å²) in [5.74, 6) is -3.35. The summed E-state index contributed by atoms with van der Waals surface area (Å²) >= 11 is 0. The fourth-order valence-corrected chi connectivity index (χ4v) is 3.98. The van der Waals surface area contributed by atoms with Gasteiger partial charge in [-0.05, 0) is 23.3 Å². The van der Waals surface area contributed by atoms with Crippen LogP contribution in [0.15, 0.2) is 78.9 Å². The first kappa shape index (κ1) is 21.6. The monoisotopic (exact) mass is 435 g/mol. The second kappa shape index (κ2) is 9.70. The molecule has 0 unspecified atom stereocenters. The summed E-state index contributed by atoms with van der Waals surface area (Å²) in [6.07, 6.45) is 0. The van der Waals surface area contributed by atoms with Crippen molar-refractivity contribution in [2.75, 3.05) is 31.5 Å². The highest BCUT2D eigenvalue weighted by molar-refractivity contribution is 6.39. The lowest BCUT2D eigenvalue weighted by Gasteiger charge is -2.39. The van der Waals surface area contributed by atoms with E-state index in [1.54, 1.807) is 0 Å². The zero-order valence-electron chi connectivity index (χ0n) is 17.4. The second-order valence-corrected chi connectivity index (χ2v) is 7.63. The molecule has 3 aromatic carbocycles. The first-order chi connectivity index (χ1) is 15.5. The Balaban J connectivity index is 1.43. The van der Waals surface area contributed by atoms with Gasteiger partial charge in [0.2, 0.25) is 0 Å². The van der Waals surface area contributed by atoms with Crippen molar-refractivity contribution in [2.45, 2.75) is 6.04 Å². The summed E-state index contributed by atoms with van der Waals surface area (Å²) in [4.78, 5) is 28.7. The molecule has 2 amide bonds. The average molecular weight is 435 g/mol. The van der Waals surface area contributed by atoms with Gasteiger partial charge in [0.15, 0.2) is 0 Å². The summed E-state index contributed by atoms with van der Waals surface area (Å²) in [6, 6.07) is 23.1. The Hall–Kier alpha value is -3.58. The predicted molar refractivity (Wildman–Crippen MR) is 118 cm³/mol. The summed E-state index contributed by atoms with van der Waals surface area (Å²) in [7, 11) is 0. The summed E-state index contributed by atoms with van der Waals surface area (Å²) in [5.41, 5.74) is 2.09. The van der Waals surface area contributed by atoms with Crippen molar-refractivity contribution < 1.29 is 18.4 Å². The van der Waals surface area contributed by atoms with Crippen LogP contribution in [0.1, 0.15) is 17.2 Å². The van der Waals surface area contributed by atoms with Gasteiger partial charge in [-0.3, -0.25) is 14.5 Å². The molecule has 4 rings (SSSR count). The van der Waals surface area contributed by atoms with Crippen molar-refractivity contribution in [1.29, 1.82) is 0 Å². The first-order valence-corrected chi connectivity index (χ1v) is 10.4. The number of benzene rings is 3. The van der Waals surface area contributed by atoms with Crippen LogP contribution < -0.4 is 5.32 Å². The van der Waals surface area contributed by atoms with Crippen molar-refractivity contribution >= 4 is 17.5 Å². The molecule has 1 saturated heterocycles. The maximum Gasteiger partial charge on any atom is 0.313 e. The van der Waals surface area contributed by atoms with E-state index < -0.39 is 23.4 Å². The zero-order chi connectivity index (χ0) is 22.5. The highest BCUT2D eigenvalue weighted by Crippen LogP contribution is 2.29. The standard InChI is InChI=1S/C25H23F2N3O2/c26-20-11-12-22(21(27)17-20)28-24(31)25(32)30-15-13-29(14-16-30)23(18-7-3-1-4-8-18)19-9-5-2-6-10-19/h1-12,17,23H,13-16H2,(H,28,31). The zero-order valence-corrected chi connectivity index (χ0v) is 17.4. The smallest absolute Gasteiger partial charge is 0.313 e. The number of carbonyl (C=O) groups excluding carboxylic acids is 2. The number of hydrogen-bond donors (Lipinski definition) is 1. The van der Waals surface area contributed by atoms with E-state index in [9.17, 15) is 18.4 Å². The Labute approximate surface area is 185 Å². The number of carbonyl (C=O) groups is 2. The molecule has 0 aromatic heterocycles. The number of halogens is 2. The molecule has 0 radical (unpaired) electrons. The van der Waals surface area contributed by atoms with Gasteiger partial charge in [0.25, 0.3) is 0 Å². The SMILES string of the molecule is O=C(Nc1ccc(F)cc1F)C(=O)N1CCN(C(c2ccccc2)c2ccccc2)CC1. The number of anilines is 1. The highest BCUT2D eigenvalue weighted by atomic mass is 19.1. The van der Waals surface area contributed by atoms with Crippen molar-refractivity contribution in [3.63, 3.8) is 0 Å². The molecule has 1 fully saturated rings. The average Bonchev–Trinajstić information content (AvgIpc) is 2.82. The number of hydrogen-bond acceptors (Lipinski definition) is 3. The van der Waals surface area contributed by atoms with E-state index in [4.69, 9.17) is 0 Å². The fraction of sp³-hybridized carbons (Fsp3) is 0.200. The number of amides is 2. The van der Waals surface area contributed by atoms with Crippen molar-refractivity contribution in [2.24, 2.45) is 0 Å². The third-order valence-electron chi connectivity index (χ3n) is 5.57. The first-order valence-electron chi connectivity index (χ1n) is 10.4. The third kappa shape index (κ3) is 4.84. The van der Waals surface area contributed by atoms with Crippen LogP contribution in [0.2, 0.25) is 0 Å². The fourth-order valence-electron chi connectivity index (χ4n) is 3.98. The topological polar surface area (TPSA) is 52.7 Å². The normalized spacial score (nSPS) is 14.4. The second-order valence-electron chi connectivity index (χ2n) is 7.63. The van der Waals surface area contributed by atoms with Crippen LogP contribution in [-0.2, 0) is 9.59 Å². The Bertz CT molecular complexity index is 1050. The van der Waals surface area contributed by atoms with E-state index in [1.807, 2.05) is 36.4 Å². The van der Waals surface area contributed by atoms with Gasteiger partial charge in [0.05, 0.1) is 11.7 Å². The molecule has 164 valence electrons. The Morgan fingerprint density at radius 3 is 1.88 bits per heavy atom. The minimum Gasteiger partial charge on any atom is -0.332 e. The minimum absolute atomic E-state index is 0.0387. The largest absolute Gasteiger partial charge is 0.332 e. The predicted octanol–water partition coefficient (Wildman–Crippen LogP) is 3.84. The van der Waals surface area contributed by atoms with Crippen molar-refractivity contribution in [3.05, 3.63) is 102 Å². The van der Waals surface area contributed by atoms with Gasteiger partial charge in [-0.2, -0.15) is 0 Å². The maximum absolute atomic E-state index is 13.8. The van der Waals surface area contributed by atoms with Crippen LogP contribution in [0.5, 0.6) is 0 Å². The molecule has 32 heavy (non-hydrogen) atoms. The lowest BCUT2D eigenvalue weighted by Crippen LogP contribution is -2.52. The molecule has 0 spiro atoms. The third-order valence-corrected chi connectivity index (χ3v) is 5.57. The molecular formula is C25H23F2N3O2. The molecular weight excluding hydrogens is 412 g/mol. The van der Waals surface area contributed by atoms with E-state index >= 15 is 0 Å². The summed E-state index contributed by atoms with van der Waals surface area (Å²) < 4.78 is 26.8. The molecule has 5 nitrogen and oxygen atoms in total. The van der Waals surface area contributed by atoms with Gasteiger partial charge in [0, 0.05) is 32.2 Å². The number of piperazine rings is 1. The number of nitrogens with one attached hydrogen (secondary N) is 1. The van der Waals surface area contributed by atoms with E-state index in [2.05, 4.69) is 34.5 Å². The van der Waals surface area contributed by atoms with Gasteiger partial charge in [0.1, 0.15) is 11.6 Å². The van der Waals surface area contributed by atoms with E-state index in [-0.39, 0.29) is 11.7 Å². The van der Waals surface area contributed by atoms with Crippen LogP contribution in [0.3, 0.4) is 0 Å². The Kier molecular flexibility index (Phi) is 6.56. The van der Waals surface area contributed by atoms with Crippen LogP contribution in [0.25, 0.3) is 0 Å². The van der Waals surface area contributed by atoms with Gasteiger partial charge in [-0.1, -0.05) is 60.7 Å². The number of rotatable bonds is 4. The minimum atomic E-state index is -0.938. The van der Waals surface area contributed by atoms with Crippen molar-refractivity contribution in [1.82, 2.24) is 9.80 Å². The molecule has 1 aliphatic rings. The Morgan fingerprint density at radius 2 is 1.34 bits per heavy atom. The molecule has 1 heterocycles.